The van der Waals surface area contributed by atoms with Crippen LogP contribution in [0.2, 0.25) is 24.7 Å². The fourth-order valence-electron chi connectivity index (χ4n) is 4.31. The summed E-state index contributed by atoms with van der Waals surface area (Å²) in [6, 6.07) is 8.82. The van der Waals surface area contributed by atoms with E-state index in [-0.39, 0.29) is 29.2 Å². The number of carbonyl (C=O) groups excluding carboxylic acids is 1. The Balaban J connectivity index is 1.39. The topological polar surface area (TPSA) is 114 Å². The van der Waals surface area contributed by atoms with Crippen LogP contribution in [0.3, 0.4) is 0 Å². The number of hydrogen-bond donors (Lipinski definition) is 2. The highest BCUT2D eigenvalue weighted by Gasteiger charge is 2.23. The highest BCUT2D eigenvalue weighted by atomic mass is 35.5. The van der Waals surface area contributed by atoms with Gasteiger partial charge in [0.15, 0.2) is 11.4 Å². The fourth-order valence-corrected chi connectivity index (χ4v) is 5.61. The number of amides is 1. The second-order valence-corrected chi connectivity index (χ2v) is 16.4. The predicted octanol–water partition coefficient (Wildman–Crippen LogP) is 4.38. The second kappa shape index (κ2) is 13.6. The van der Waals surface area contributed by atoms with Gasteiger partial charge in [-0.2, -0.15) is 9.97 Å². The molecular weight excluding hydrogens is 564 g/mol. The van der Waals surface area contributed by atoms with Crippen LogP contribution in [0, 0.1) is 0 Å². The van der Waals surface area contributed by atoms with E-state index in [0.717, 1.165) is 39.1 Å². The Kier molecular flexibility index (Phi) is 10.1. The fraction of sp³-hybridized carbons (Fsp3) is 0.464. The predicted molar refractivity (Wildman–Crippen MR) is 163 cm³/mol. The van der Waals surface area contributed by atoms with Crippen LogP contribution in [0.25, 0.3) is 0 Å². The maximum Gasteiger partial charge on any atom is 0.291 e. The van der Waals surface area contributed by atoms with Crippen molar-refractivity contribution in [2.45, 2.75) is 26.1 Å². The van der Waals surface area contributed by atoms with E-state index >= 15 is 0 Å². The molecule has 1 saturated heterocycles. The van der Waals surface area contributed by atoms with E-state index in [2.05, 4.69) is 57.1 Å². The zero-order valence-electron chi connectivity index (χ0n) is 24.5. The van der Waals surface area contributed by atoms with Crippen LogP contribution >= 0.6 is 11.6 Å². The van der Waals surface area contributed by atoms with Gasteiger partial charge in [0.2, 0.25) is 17.7 Å². The van der Waals surface area contributed by atoms with Crippen molar-refractivity contribution in [3.05, 3.63) is 41.1 Å². The van der Waals surface area contributed by atoms with Crippen molar-refractivity contribution in [1.29, 1.82) is 0 Å². The minimum absolute atomic E-state index is 0.0210. The van der Waals surface area contributed by atoms with E-state index in [1.807, 2.05) is 18.2 Å². The van der Waals surface area contributed by atoms with Crippen molar-refractivity contribution in [1.82, 2.24) is 19.8 Å². The number of likely N-dealkylation sites (N-methyl/N-ethyl adjacent to an activating group) is 1. The maximum atomic E-state index is 13.1. The van der Waals surface area contributed by atoms with E-state index in [9.17, 15) is 4.79 Å². The zero-order valence-corrected chi connectivity index (χ0v) is 26.3. The standard InChI is InChI=1S/C28H39ClN6O5Si/c1-34-14-16-35(17-15-34)13-7-12-30-28-32-26(37-2)24(27(33-28)38-3)31-25(36)21-10-11-23(39-21)40-22-18-19(41(4,5)6)8-9-20(22)29/h8-11,18H,7,12-17H2,1-6H3,(H,31,36)(H,30,32,33). The summed E-state index contributed by atoms with van der Waals surface area (Å²) in [6.45, 7) is 12.7. The van der Waals surface area contributed by atoms with Crippen molar-refractivity contribution >= 4 is 42.4 Å². The van der Waals surface area contributed by atoms with Crippen molar-refractivity contribution in [2.75, 3.05) is 71.2 Å². The van der Waals surface area contributed by atoms with Gasteiger partial charge in [-0.05, 0) is 38.2 Å². The third kappa shape index (κ3) is 8.12. The van der Waals surface area contributed by atoms with E-state index in [1.54, 1.807) is 6.07 Å². The average molecular weight is 603 g/mol. The first-order chi connectivity index (χ1) is 19.6. The maximum absolute atomic E-state index is 13.1. The van der Waals surface area contributed by atoms with E-state index < -0.39 is 14.0 Å². The molecule has 1 aromatic carbocycles. The number of piperazine rings is 1. The molecule has 0 saturated carbocycles. The van der Waals surface area contributed by atoms with Crippen LogP contribution in [-0.4, -0.2) is 94.3 Å². The van der Waals surface area contributed by atoms with Crippen LogP contribution in [0.5, 0.6) is 23.5 Å². The number of anilines is 2. The Labute approximate surface area is 247 Å². The first-order valence-corrected chi connectivity index (χ1v) is 17.5. The highest BCUT2D eigenvalue weighted by molar-refractivity contribution is 6.88. The minimum Gasteiger partial charge on any atom is -0.479 e. The molecule has 0 aliphatic carbocycles. The smallest absolute Gasteiger partial charge is 0.291 e. The average Bonchev–Trinajstić information content (AvgIpc) is 3.41. The van der Waals surface area contributed by atoms with Gasteiger partial charge >= 0.3 is 0 Å². The highest BCUT2D eigenvalue weighted by Crippen LogP contribution is 2.34. The molecule has 1 aliphatic heterocycles. The van der Waals surface area contributed by atoms with Gasteiger partial charge in [-0.15, -0.1) is 0 Å². The summed E-state index contributed by atoms with van der Waals surface area (Å²) in [5.41, 5.74) is 0.188. The Morgan fingerprint density at radius 3 is 2.37 bits per heavy atom. The molecule has 0 unspecified atom stereocenters. The molecule has 4 rings (SSSR count). The molecule has 11 nitrogen and oxygen atoms in total. The molecule has 3 aromatic rings. The number of nitrogens with one attached hydrogen (secondary N) is 2. The van der Waals surface area contributed by atoms with Crippen LogP contribution in [0.1, 0.15) is 17.0 Å². The number of halogens is 1. The SMILES string of the molecule is COc1nc(NCCCN2CCN(C)CC2)nc(OC)c1NC(=O)c1ccc(Oc2cc([Si](C)(C)C)ccc2Cl)o1. The van der Waals surface area contributed by atoms with Gasteiger partial charge in [-0.25, -0.2) is 0 Å². The lowest BCUT2D eigenvalue weighted by molar-refractivity contribution is 0.0990. The molecular formula is C28H39ClN6O5Si. The molecule has 13 heteroatoms. The van der Waals surface area contributed by atoms with Gasteiger partial charge in [-0.1, -0.05) is 42.5 Å². The lowest BCUT2D eigenvalue weighted by Crippen LogP contribution is -2.44. The van der Waals surface area contributed by atoms with Crippen LogP contribution in [0.15, 0.2) is 34.7 Å². The van der Waals surface area contributed by atoms with Crippen LogP contribution < -0.4 is 30.0 Å². The zero-order chi connectivity index (χ0) is 29.6. The van der Waals surface area contributed by atoms with Gasteiger partial charge < -0.3 is 39.1 Å². The monoisotopic (exact) mass is 602 g/mol. The number of methoxy groups -OCH3 is 2. The number of rotatable bonds is 12. The molecule has 0 atom stereocenters. The summed E-state index contributed by atoms with van der Waals surface area (Å²) in [7, 11) is 3.50. The lowest BCUT2D eigenvalue weighted by Gasteiger charge is -2.32. The molecule has 2 aromatic heterocycles. The van der Waals surface area contributed by atoms with E-state index in [1.165, 1.54) is 25.5 Å². The lowest BCUT2D eigenvalue weighted by atomic mass is 10.3. The minimum atomic E-state index is -1.58. The van der Waals surface area contributed by atoms with Crippen molar-refractivity contribution in [2.24, 2.45) is 0 Å². The number of furan rings is 1. The Morgan fingerprint density at radius 2 is 1.73 bits per heavy atom. The number of hydrogen-bond acceptors (Lipinski definition) is 10. The molecule has 0 bridgehead atoms. The van der Waals surface area contributed by atoms with Gasteiger partial charge in [-0.3, -0.25) is 4.79 Å². The quantitative estimate of drug-likeness (QED) is 0.229. The third-order valence-corrected chi connectivity index (χ3v) is 9.17. The van der Waals surface area contributed by atoms with Gasteiger partial charge in [0.25, 0.3) is 11.9 Å². The summed E-state index contributed by atoms with van der Waals surface area (Å²) in [6.07, 6.45) is 0.937. The first-order valence-electron chi connectivity index (χ1n) is 13.6. The van der Waals surface area contributed by atoms with E-state index in [4.69, 9.17) is 30.2 Å². The molecule has 2 N–H and O–H groups in total. The summed E-state index contributed by atoms with van der Waals surface area (Å²) in [4.78, 5) is 26.7. The summed E-state index contributed by atoms with van der Waals surface area (Å²) < 4.78 is 22.4. The summed E-state index contributed by atoms with van der Waals surface area (Å²) >= 11 is 6.35. The van der Waals surface area contributed by atoms with Gasteiger partial charge in [0, 0.05) is 38.8 Å². The molecule has 1 aliphatic rings. The molecule has 1 amide bonds. The molecule has 0 radical (unpaired) electrons. The summed E-state index contributed by atoms with van der Waals surface area (Å²) in [5.74, 6) is 0.741. The number of nitrogens with zero attached hydrogens (tertiary/aromatic N) is 4. The number of ether oxygens (including phenoxy) is 3. The van der Waals surface area contributed by atoms with Crippen LogP contribution in [-0.2, 0) is 0 Å². The normalized spacial score (nSPS) is 14.5. The first kappa shape index (κ1) is 30.6. The Hall–Kier alpha value is -3.32. The van der Waals surface area contributed by atoms with Gasteiger partial charge in [0.1, 0.15) is 5.75 Å². The van der Waals surface area contributed by atoms with Crippen LogP contribution in [0.4, 0.5) is 11.6 Å². The van der Waals surface area contributed by atoms with Gasteiger partial charge in [0.05, 0.1) is 27.3 Å². The second-order valence-electron chi connectivity index (χ2n) is 10.9. The molecule has 41 heavy (non-hydrogen) atoms. The number of benzene rings is 1. The number of aromatic nitrogens is 2. The molecule has 0 spiro atoms. The Bertz CT molecular complexity index is 1310. The van der Waals surface area contributed by atoms with Crippen molar-refractivity contribution in [3.8, 4) is 23.5 Å². The molecule has 222 valence electrons. The van der Waals surface area contributed by atoms with Crippen molar-refractivity contribution < 1.29 is 23.4 Å². The van der Waals surface area contributed by atoms with Crippen molar-refractivity contribution in [3.63, 3.8) is 0 Å². The molecule has 3 heterocycles. The molecule has 1 fully saturated rings. The number of carbonyl (C=O) groups is 1. The Morgan fingerprint density at radius 1 is 1.05 bits per heavy atom. The summed E-state index contributed by atoms with van der Waals surface area (Å²) in [5, 5.41) is 7.60. The third-order valence-electron chi connectivity index (χ3n) is 6.81. The van der Waals surface area contributed by atoms with E-state index in [0.29, 0.717) is 23.3 Å². The largest absolute Gasteiger partial charge is 0.479 e.